The number of hydrogen-bond donors (Lipinski definition) is 1. The number of carbonyl (C=O) groups excluding carboxylic acids is 2. The van der Waals surface area contributed by atoms with Crippen molar-refractivity contribution in [3.63, 3.8) is 0 Å². The van der Waals surface area contributed by atoms with Gasteiger partial charge in [-0.1, -0.05) is 29.3 Å². The summed E-state index contributed by atoms with van der Waals surface area (Å²) in [6, 6.07) is 14.2. The molecule has 160 valence electrons. The maximum Gasteiger partial charge on any atom is 0.230 e. The number of methoxy groups -OCH3 is 1. The van der Waals surface area contributed by atoms with Crippen molar-refractivity contribution in [3.05, 3.63) is 70.3 Å². The van der Waals surface area contributed by atoms with E-state index in [1.165, 1.54) is 0 Å². The van der Waals surface area contributed by atoms with Crippen molar-refractivity contribution in [2.45, 2.75) is 13.0 Å². The Kier molecular flexibility index (Phi) is 6.15. The second-order valence-electron chi connectivity index (χ2n) is 7.17. The molecule has 3 aromatic rings. The molecule has 0 aliphatic carbocycles. The molecule has 2 amide bonds. The second kappa shape index (κ2) is 8.99. The molecule has 1 fully saturated rings. The van der Waals surface area contributed by atoms with Crippen LogP contribution in [-0.2, 0) is 16.1 Å². The molecule has 0 saturated carbocycles. The number of rotatable bonds is 6. The number of aromatic nitrogens is 2. The molecule has 1 N–H and O–H groups in total. The number of nitrogens with one attached hydrogen (secondary N) is 1. The van der Waals surface area contributed by atoms with Gasteiger partial charge in [0, 0.05) is 40.3 Å². The molecule has 1 saturated heterocycles. The maximum absolute atomic E-state index is 12.9. The lowest BCUT2D eigenvalue weighted by Gasteiger charge is -2.17. The predicted octanol–water partition coefficient (Wildman–Crippen LogP) is 4.24. The van der Waals surface area contributed by atoms with E-state index in [4.69, 9.17) is 27.9 Å². The van der Waals surface area contributed by atoms with Crippen LogP contribution in [-0.4, -0.2) is 35.2 Å². The van der Waals surface area contributed by atoms with Crippen molar-refractivity contribution in [1.82, 2.24) is 9.78 Å². The molecule has 1 aromatic heterocycles. The zero-order valence-electron chi connectivity index (χ0n) is 16.7. The van der Waals surface area contributed by atoms with Crippen molar-refractivity contribution in [2.75, 3.05) is 23.9 Å². The highest BCUT2D eigenvalue weighted by Gasteiger charge is 2.35. The van der Waals surface area contributed by atoms with Crippen LogP contribution in [0.5, 0.6) is 5.75 Å². The predicted molar refractivity (Wildman–Crippen MR) is 120 cm³/mol. The first-order chi connectivity index (χ1) is 15.0. The van der Waals surface area contributed by atoms with E-state index < -0.39 is 5.92 Å². The van der Waals surface area contributed by atoms with Crippen LogP contribution in [0.2, 0.25) is 10.0 Å². The van der Waals surface area contributed by atoms with E-state index in [1.807, 2.05) is 0 Å². The van der Waals surface area contributed by atoms with E-state index in [1.54, 1.807) is 71.4 Å². The van der Waals surface area contributed by atoms with Gasteiger partial charge in [-0.25, -0.2) is 4.68 Å². The highest BCUT2D eigenvalue weighted by atomic mass is 35.5. The topological polar surface area (TPSA) is 76.5 Å². The average Bonchev–Trinajstić information content (AvgIpc) is 3.37. The third kappa shape index (κ3) is 4.52. The molecule has 0 bridgehead atoms. The van der Waals surface area contributed by atoms with Gasteiger partial charge in [-0.3, -0.25) is 9.59 Å². The number of nitrogens with zero attached hydrogens (tertiary/aromatic N) is 3. The lowest BCUT2D eigenvalue weighted by molar-refractivity contribution is -0.122. The summed E-state index contributed by atoms with van der Waals surface area (Å²) in [7, 11) is 1.58. The molecule has 1 atom stereocenters. The van der Waals surface area contributed by atoms with E-state index in [2.05, 4.69) is 10.4 Å². The maximum atomic E-state index is 12.9. The molecule has 2 aromatic carbocycles. The average molecular weight is 459 g/mol. The molecule has 9 heteroatoms. The first-order valence-corrected chi connectivity index (χ1v) is 10.4. The molecule has 1 aliphatic rings. The monoisotopic (exact) mass is 458 g/mol. The summed E-state index contributed by atoms with van der Waals surface area (Å²) in [4.78, 5) is 27.0. The largest absolute Gasteiger partial charge is 0.497 e. The number of halogens is 2. The molecular formula is C22H20Cl2N4O3. The highest BCUT2D eigenvalue weighted by molar-refractivity contribution is 6.36. The van der Waals surface area contributed by atoms with Crippen LogP contribution >= 0.6 is 23.2 Å². The van der Waals surface area contributed by atoms with Gasteiger partial charge >= 0.3 is 0 Å². The van der Waals surface area contributed by atoms with E-state index in [0.717, 1.165) is 5.69 Å². The minimum Gasteiger partial charge on any atom is -0.497 e. The van der Waals surface area contributed by atoms with Gasteiger partial charge in [0.15, 0.2) is 0 Å². The molecule has 1 aliphatic heterocycles. The number of hydrogen-bond acceptors (Lipinski definition) is 4. The first kappa shape index (κ1) is 21.2. The zero-order valence-corrected chi connectivity index (χ0v) is 18.2. The molecule has 0 radical (unpaired) electrons. The zero-order chi connectivity index (χ0) is 22.0. The van der Waals surface area contributed by atoms with Gasteiger partial charge in [-0.15, -0.1) is 0 Å². The smallest absolute Gasteiger partial charge is 0.230 e. The second-order valence-corrected chi connectivity index (χ2v) is 7.98. The van der Waals surface area contributed by atoms with Crippen LogP contribution in [0.1, 0.15) is 12.0 Å². The van der Waals surface area contributed by atoms with Gasteiger partial charge in [0.2, 0.25) is 11.8 Å². The van der Waals surface area contributed by atoms with Crippen LogP contribution in [0.4, 0.5) is 11.5 Å². The van der Waals surface area contributed by atoms with Crippen LogP contribution < -0.4 is 15.0 Å². The Labute approximate surface area is 189 Å². The summed E-state index contributed by atoms with van der Waals surface area (Å²) >= 11 is 12.5. The lowest BCUT2D eigenvalue weighted by Crippen LogP contribution is -2.28. The van der Waals surface area contributed by atoms with Gasteiger partial charge in [0.25, 0.3) is 0 Å². The summed E-state index contributed by atoms with van der Waals surface area (Å²) in [6.45, 7) is 0.615. The molecule has 4 rings (SSSR count). The van der Waals surface area contributed by atoms with Gasteiger partial charge in [-0.2, -0.15) is 5.10 Å². The third-order valence-electron chi connectivity index (χ3n) is 5.22. The summed E-state index contributed by atoms with van der Waals surface area (Å²) in [5.74, 6) is 0.410. The Hall–Kier alpha value is -3.03. The van der Waals surface area contributed by atoms with E-state index in [-0.39, 0.29) is 18.2 Å². The Balaban J connectivity index is 1.45. The van der Waals surface area contributed by atoms with Crippen molar-refractivity contribution in [2.24, 2.45) is 5.92 Å². The molecule has 2 heterocycles. The molecule has 1 unspecified atom stereocenters. The van der Waals surface area contributed by atoms with Crippen molar-refractivity contribution < 1.29 is 14.3 Å². The third-order valence-corrected chi connectivity index (χ3v) is 5.93. The highest BCUT2D eigenvalue weighted by Crippen LogP contribution is 2.29. The first-order valence-electron chi connectivity index (χ1n) is 9.66. The summed E-state index contributed by atoms with van der Waals surface area (Å²) in [6.07, 6.45) is 1.73. The number of benzene rings is 2. The summed E-state index contributed by atoms with van der Waals surface area (Å²) in [5.41, 5.74) is 1.45. The van der Waals surface area contributed by atoms with Crippen molar-refractivity contribution in [1.29, 1.82) is 0 Å². The van der Waals surface area contributed by atoms with Crippen molar-refractivity contribution >= 4 is 46.5 Å². The van der Waals surface area contributed by atoms with E-state index in [9.17, 15) is 9.59 Å². The van der Waals surface area contributed by atoms with Crippen LogP contribution in [0, 0.1) is 5.92 Å². The minimum atomic E-state index is -0.471. The lowest BCUT2D eigenvalue weighted by atomic mass is 10.1. The fraction of sp³-hybridized carbons (Fsp3) is 0.227. The van der Waals surface area contributed by atoms with Crippen LogP contribution in [0.3, 0.4) is 0 Å². The van der Waals surface area contributed by atoms with Crippen LogP contribution in [0.15, 0.2) is 54.7 Å². The quantitative estimate of drug-likeness (QED) is 0.599. The number of carbonyl (C=O) groups is 2. The van der Waals surface area contributed by atoms with E-state index >= 15 is 0 Å². The number of ether oxygens (including phenoxy) is 1. The molecule has 31 heavy (non-hydrogen) atoms. The van der Waals surface area contributed by atoms with E-state index in [0.29, 0.717) is 40.3 Å². The van der Waals surface area contributed by atoms with Crippen LogP contribution in [0.25, 0.3) is 0 Å². The fourth-order valence-electron chi connectivity index (χ4n) is 3.52. The normalized spacial score (nSPS) is 15.9. The fourth-order valence-corrected chi connectivity index (χ4v) is 4.04. The minimum absolute atomic E-state index is 0.0957. The summed E-state index contributed by atoms with van der Waals surface area (Å²) in [5, 5.41) is 8.19. The molecular weight excluding hydrogens is 439 g/mol. The molecule has 0 spiro atoms. The SMILES string of the molecule is COc1ccc(N2CC(C(=O)Nc3ccnn3Cc3c(Cl)cccc3Cl)CC2=O)cc1. The molecule has 7 nitrogen and oxygen atoms in total. The Morgan fingerprint density at radius 2 is 1.87 bits per heavy atom. The standard InChI is InChI=1S/C22H20Cl2N4O3/c1-31-16-7-5-15(6-8-16)27-12-14(11-21(27)29)22(30)26-20-9-10-25-28(20)13-17-18(23)3-2-4-19(17)24/h2-10,14H,11-13H2,1H3,(H,26,30). The Bertz CT molecular complexity index is 1090. The van der Waals surface area contributed by atoms with Gasteiger partial charge in [-0.05, 0) is 36.4 Å². The van der Waals surface area contributed by atoms with Gasteiger partial charge in [0.1, 0.15) is 11.6 Å². The summed E-state index contributed by atoms with van der Waals surface area (Å²) < 4.78 is 6.77. The van der Waals surface area contributed by atoms with Gasteiger partial charge in [0.05, 0.1) is 25.8 Å². The number of anilines is 2. The Morgan fingerprint density at radius 1 is 1.16 bits per heavy atom. The van der Waals surface area contributed by atoms with Crippen molar-refractivity contribution in [3.8, 4) is 5.75 Å². The number of amides is 2. The van der Waals surface area contributed by atoms with Gasteiger partial charge < -0.3 is 15.0 Å². The Morgan fingerprint density at radius 3 is 2.55 bits per heavy atom.